The number of nitrogens with one attached hydrogen (secondary N) is 1. The number of halogens is 3. The van der Waals surface area contributed by atoms with Crippen LogP contribution in [0.2, 0.25) is 0 Å². The van der Waals surface area contributed by atoms with Crippen LogP contribution >= 0.6 is 15.9 Å². The molecule has 0 spiro atoms. The van der Waals surface area contributed by atoms with Crippen molar-refractivity contribution in [1.82, 2.24) is 5.32 Å². The first-order valence-electron chi connectivity index (χ1n) is 6.33. The smallest absolute Gasteiger partial charge is 0.132 e. The van der Waals surface area contributed by atoms with Crippen molar-refractivity contribution in [3.05, 3.63) is 68.7 Å². The molecule has 1 N–H and O–H groups in total. The summed E-state index contributed by atoms with van der Waals surface area (Å²) in [5.74, 6) is -1.12. The van der Waals surface area contributed by atoms with Gasteiger partial charge < -0.3 is 5.32 Å². The maximum absolute atomic E-state index is 14.1. The van der Waals surface area contributed by atoms with Crippen LogP contribution in [0.3, 0.4) is 0 Å². The van der Waals surface area contributed by atoms with Crippen molar-refractivity contribution in [3.63, 3.8) is 0 Å². The molecule has 0 bridgehead atoms. The van der Waals surface area contributed by atoms with E-state index in [1.807, 2.05) is 32.0 Å². The fourth-order valence-electron chi connectivity index (χ4n) is 2.43. The molecule has 106 valence electrons. The van der Waals surface area contributed by atoms with Crippen LogP contribution in [0.4, 0.5) is 8.78 Å². The van der Waals surface area contributed by atoms with Crippen molar-refractivity contribution in [3.8, 4) is 0 Å². The van der Waals surface area contributed by atoms with Gasteiger partial charge >= 0.3 is 0 Å². The maximum Gasteiger partial charge on any atom is 0.132 e. The first kappa shape index (κ1) is 15.1. The Kier molecular flexibility index (Phi) is 4.55. The highest BCUT2D eigenvalue weighted by Crippen LogP contribution is 2.31. The second-order valence-electron chi connectivity index (χ2n) is 4.86. The Morgan fingerprint density at radius 1 is 1.05 bits per heavy atom. The predicted molar refractivity (Wildman–Crippen MR) is 80.9 cm³/mol. The zero-order chi connectivity index (χ0) is 14.9. The first-order valence-corrected chi connectivity index (χ1v) is 7.12. The van der Waals surface area contributed by atoms with Gasteiger partial charge in [0.25, 0.3) is 0 Å². The van der Waals surface area contributed by atoms with E-state index in [1.165, 1.54) is 12.1 Å². The normalized spacial score (nSPS) is 12.5. The van der Waals surface area contributed by atoms with Crippen LogP contribution in [0.25, 0.3) is 0 Å². The van der Waals surface area contributed by atoms with Crippen molar-refractivity contribution in [1.29, 1.82) is 0 Å². The summed E-state index contributed by atoms with van der Waals surface area (Å²) in [7, 11) is 1.70. The van der Waals surface area contributed by atoms with Gasteiger partial charge in [0.2, 0.25) is 0 Å². The van der Waals surface area contributed by atoms with Gasteiger partial charge in [0.05, 0.1) is 6.04 Å². The van der Waals surface area contributed by atoms with Crippen molar-refractivity contribution in [2.45, 2.75) is 19.9 Å². The minimum atomic E-state index is -0.559. The van der Waals surface area contributed by atoms with E-state index in [-0.39, 0.29) is 5.56 Å². The molecule has 1 unspecified atom stereocenters. The lowest BCUT2D eigenvalue weighted by Gasteiger charge is -2.21. The number of hydrogen-bond acceptors (Lipinski definition) is 1. The summed E-state index contributed by atoms with van der Waals surface area (Å²) >= 11 is 3.10. The van der Waals surface area contributed by atoms with Gasteiger partial charge in [0.1, 0.15) is 11.6 Å². The summed E-state index contributed by atoms with van der Waals surface area (Å²) in [6.07, 6.45) is 0. The summed E-state index contributed by atoms with van der Waals surface area (Å²) in [5, 5.41) is 3.00. The lowest BCUT2D eigenvalue weighted by Crippen LogP contribution is -2.21. The molecule has 0 aliphatic carbocycles. The molecule has 2 aromatic rings. The fraction of sp³-hybridized carbons (Fsp3) is 0.250. The standard InChI is InChI=1S/C16H16BrF2N/c1-9-4-5-12(10(2)6-9)16(20-3)15-13(18)7-11(17)8-14(15)19/h4-8,16,20H,1-3H3. The Bertz CT molecular complexity index is 617. The zero-order valence-corrected chi connectivity index (χ0v) is 13.2. The summed E-state index contributed by atoms with van der Waals surface area (Å²) < 4.78 is 28.7. The largest absolute Gasteiger partial charge is 0.309 e. The third-order valence-electron chi connectivity index (χ3n) is 3.36. The highest BCUT2D eigenvalue weighted by molar-refractivity contribution is 9.10. The van der Waals surface area contributed by atoms with Crippen molar-refractivity contribution >= 4 is 15.9 Å². The summed E-state index contributed by atoms with van der Waals surface area (Å²) in [5.41, 5.74) is 3.05. The Morgan fingerprint density at radius 3 is 2.15 bits per heavy atom. The highest BCUT2D eigenvalue weighted by atomic mass is 79.9. The molecule has 0 saturated carbocycles. The number of aryl methyl sites for hydroxylation is 2. The van der Waals surface area contributed by atoms with Gasteiger partial charge in [-0.25, -0.2) is 8.78 Å². The third kappa shape index (κ3) is 2.91. The molecule has 1 nitrogen and oxygen atoms in total. The van der Waals surface area contributed by atoms with Crippen LogP contribution in [0.1, 0.15) is 28.3 Å². The molecule has 0 saturated heterocycles. The van der Waals surface area contributed by atoms with E-state index in [2.05, 4.69) is 21.2 Å². The van der Waals surface area contributed by atoms with E-state index < -0.39 is 17.7 Å². The van der Waals surface area contributed by atoms with Crippen LogP contribution in [-0.4, -0.2) is 7.05 Å². The first-order chi connectivity index (χ1) is 9.43. The van der Waals surface area contributed by atoms with Gasteiger partial charge in [-0.2, -0.15) is 0 Å². The molecular weight excluding hydrogens is 324 g/mol. The average molecular weight is 340 g/mol. The zero-order valence-electron chi connectivity index (χ0n) is 11.6. The Morgan fingerprint density at radius 2 is 1.65 bits per heavy atom. The minimum Gasteiger partial charge on any atom is -0.309 e. The van der Waals surface area contributed by atoms with Crippen LogP contribution < -0.4 is 5.32 Å². The molecule has 0 radical (unpaired) electrons. The van der Waals surface area contributed by atoms with E-state index in [4.69, 9.17) is 0 Å². The number of hydrogen-bond donors (Lipinski definition) is 1. The summed E-state index contributed by atoms with van der Waals surface area (Å²) in [4.78, 5) is 0. The number of rotatable bonds is 3. The van der Waals surface area contributed by atoms with E-state index in [0.717, 1.165) is 16.7 Å². The molecule has 0 aliphatic heterocycles. The molecule has 0 aliphatic rings. The van der Waals surface area contributed by atoms with E-state index in [9.17, 15) is 8.78 Å². The van der Waals surface area contributed by atoms with Gasteiger partial charge in [-0.15, -0.1) is 0 Å². The molecule has 4 heteroatoms. The molecule has 0 fully saturated rings. The van der Waals surface area contributed by atoms with Crippen LogP contribution in [0.5, 0.6) is 0 Å². The van der Waals surface area contributed by atoms with Crippen molar-refractivity contribution in [2.24, 2.45) is 0 Å². The van der Waals surface area contributed by atoms with Crippen molar-refractivity contribution < 1.29 is 8.78 Å². The van der Waals surface area contributed by atoms with E-state index in [1.54, 1.807) is 7.05 Å². The lowest BCUT2D eigenvalue weighted by atomic mass is 9.93. The fourth-order valence-corrected chi connectivity index (χ4v) is 2.84. The molecule has 0 amide bonds. The van der Waals surface area contributed by atoms with Gasteiger partial charge in [-0.1, -0.05) is 39.7 Å². The quantitative estimate of drug-likeness (QED) is 0.857. The highest BCUT2D eigenvalue weighted by Gasteiger charge is 2.22. The van der Waals surface area contributed by atoms with Crippen molar-refractivity contribution in [2.75, 3.05) is 7.05 Å². The Hall–Kier alpha value is -1.26. The third-order valence-corrected chi connectivity index (χ3v) is 3.82. The van der Waals surface area contributed by atoms with Crippen LogP contribution in [-0.2, 0) is 0 Å². The Balaban J connectivity index is 2.58. The molecule has 20 heavy (non-hydrogen) atoms. The molecule has 2 aromatic carbocycles. The molecule has 1 atom stereocenters. The van der Waals surface area contributed by atoms with E-state index in [0.29, 0.717) is 4.47 Å². The second-order valence-corrected chi connectivity index (χ2v) is 5.78. The average Bonchev–Trinajstić information content (AvgIpc) is 2.34. The predicted octanol–water partition coefficient (Wildman–Crippen LogP) is 4.65. The second kappa shape index (κ2) is 6.02. The summed E-state index contributed by atoms with van der Waals surface area (Å²) in [6, 6.07) is 7.92. The van der Waals surface area contributed by atoms with Gasteiger partial charge in [-0.05, 0) is 44.2 Å². The van der Waals surface area contributed by atoms with Gasteiger partial charge in [-0.3, -0.25) is 0 Å². The molecule has 0 aromatic heterocycles. The number of benzene rings is 2. The molecule has 0 heterocycles. The van der Waals surface area contributed by atoms with Gasteiger partial charge in [0.15, 0.2) is 0 Å². The Labute approximate surface area is 126 Å². The molecular formula is C16H16BrF2N. The van der Waals surface area contributed by atoms with E-state index >= 15 is 0 Å². The summed E-state index contributed by atoms with van der Waals surface area (Å²) in [6.45, 7) is 3.94. The topological polar surface area (TPSA) is 12.0 Å². The minimum absolute atomic E-state index is 0.0441. The SMILES string of the molecule is CNC(c1ccc(C)cc1C)c1c(F)cc(Br)cc1F. The monoisotopic (exact) mass is 339 g/mol. The maximum atomic E-state index is 14.1. The van der Waals surface area contributed by atoms with Crippen LogP contribution in [0.15, 0.2) is 34.8 Å². The lowest BCUT2D eigenvalue weighted by molar-refractivity contribution is 0.520. The van der Waals surface area contributed by atoms with Gasteiger partial charge in [0, 0.05) is 10.0 Å². The van der Waals surface area contributed by atoms with Crippen LogP contribution in [0, 0.1) is 25.5 Å². The molecule has 2 rings (SSSR count).